The SMILES string of the molecule is O=C1c2oc3ccccc3c(=O)c2C(c2cccc(F)c2)N1Cc1cccnc1. The smallest absolute Gasteiger partial charge is 0.291 e. The fourth-order valence-corrected chi connectivity index (χ4v) is 3.84. The van der Waals surface area contributed by atoms with Crippen LogP contribution in [0.5, 0.6) is 0 Å². The van der Waals surface area contributed by atoms with Crippen LogP contribution < -0.4 is 5.43 Å². The van der Waals surface area contributed by atoms with Gasteiger partial charge in [0.15, 0.2) is 5.43 Å². The number of hydrogen-bond acceptors (Lipinski definition) is 4. The van der Waals surface area contributed by atoms with Crippen molar-refractivity contribution in [3.05, 3.63) is 112 Å². The maximum absolute atomic E-state index is 14.0. The molecule has 5 rings (SSSR count). The Labute approximate surface area is 165 Å². The number of rotatable bonds is 3. The molecule has 5 nitrogen and oxygen atoms in total. The largest absolute Gasteiger partial charge is 0.450 e. The van der Waals surface area contributed by atoms with Crippen molar-refractivity contribution in [2.45, 2.75) is 12.6 Å². The van der Waals surface area contributed by atoms with Crippen molar-refractivity contribution in [3.8, 4) is 0 Å². The number of fused-ring (bicyclic) bond motifs is 2. The van der Waals surface area contributed by atoms with Crippen LogP contribution in [0.1, 0.15) is 33.3 Å². The number of hydrogen-bond donors (Lipinski definition) is 0. The molecule has 29 heavy (non-hydrogen) atoms. The Bertz CT molecular complexity index is 1300. The normalized spacial score (nSPS) is 15.7. The third-order valence-electron chi connectivity index (χ3n) is 5.11. The van der Waals surface area contributed by atoms with E-state index in [9.17, 15) is 14.0 Å². The average molecular weight is 386 g/mol. The van der Waals surface area contributed by atoms with E-state index in [1.807, 2.05) is 6.07 Å². The number of carbonyl (C=O) groups is 1. The van der Waals surface area contributed by atoms with E-state index in [1.54, 1.807) is 54.9 Å². The van der Waals surface area contributed by atoms with Gasteiger partial charge in [0.1, 0.15) is 11.4 Å². The molecule has 0 spiro atoms. The average Bonchev–Trinajstić information content (AvgIpc) is 3.01. The summed E-state index contributed by atoms with van der Waals surface area (Å²) in [6.45, 7) is 0.216. The van der Waals surface area contributed by atoms with Gasteiger partial charge in [0.2, 0.25) is 5.76 Å². The van der Waals surface area contributed by atoms with Gasteiger partial charge >= 0.3 is 0 Å². The lowest BCUT2D eigenvalue weighted by molar-refractivity contribution is 0.0714. The molecular weight excluding hydrogens is 371 g/mol. The molecule has 1 unspecified atom stereocenters. The number of carbonyl (C=O) groups excluding carboxylic acids is 1. The third kappa shape index (κ3) is 2.81. The lowest BCUT2D eigenvalue weighted by Gasteiger charge is -2.25. The topological polar surface area (TPSA) is 63.4 Å². The van der Waals surface area contributed by atoms with E-state index in [-0.39, 0.29) is 23.3 Å². The summed E-state index contributed by atoms with van der Waals surface area (Å²) in [5.41, 5.74) is 1.63. The highest BCUT2D eigenvalue weighted by atomic mass is 19.1. The van der Waals surface area contributed by atoms with Crippen LogP contribution in [0.4, 0.5) is 4.39 Å². The summed E-state index contributed by atoms with van der Waals surface area (Å²) in [5.74, 6) is -0.831. The van der Waals surface area contributed by atoms with Crippen LogP contribution in [-0.4, -0.2) is 15.8 Å². The Morgan fingerprint density at radius 2 is 1.90 bits per heavy atom. The van der Waals surface area contributed by atoms with E-state index in [1.165, 1.54) is 17.0 Å². The molecular formula is C23H15FN2O3. The van der Waals surface area contributed by atoms with Gasteiger partial charge in [-0.3, -0.25) is 14.6 Å². The predicted molar refractivity (Wildman–Crippen MR) is 105 cm³/mol. The van der Waals surface area contributed by atoms with Gasteiger partial charge in [-0.05, 0) is 41.5 Å². The number of pyridine rings is 1. The fraction of sp³-hybridized carbons (Fsp3) is 0.0870. The summed E-state index contributed by atoms with van der Waals surface area (Å²) in [6.07, 6.45) is 3.30. The van der Waals surface area contributed by atoms with Crippen molar-refractivity contribution in [1.82, 2.24) is 9.88 Å². The molecule has 0 N–H and O–H groups in total. The van der Waals surface area contributed by atoms with Gasteiger partial charge in [-0.2, -0.15) is 0 Å². The predicted octanol–water partition coefficient (Wildman–Crippen LogP) is 4.07. The van der Waals surface area contributed by atoms with Gasteiger partial charge in [-0.25, -0.2) is 4.39 Å². The van der Waals surface area contributed by atoms with Crippen molar-refractivity contribution in [2.75, 3.05) is 0 Å². The van der Waals surface area contributed by atoms with Crippen molar-refractivity contribution in [1.29, 1.82) is 0 Å². The van der Waals surface area contributed by atoms with Gasteiger partial charge in [-0.1, -0.05) is 30.3 Å². The van der Waals surface area contributed by atoms with Crippen molar-refractivity contribution in [2.24, 2.45) is 0 Å². The Balaban J connectivity index is 1.74. The third-order valence-corrected chi connectivity index (χ3v) is 5.11. The number of benzene rings is 2. The molecule has 0 radical (unpaired) electrons. The standard InChI is InChI=1S/C23H15FN2O3/c24-16-7-3-6-15(11-16)20-19-21(27)17-8-1-2-9-18(17)29-22(19)23(28)26(20)13-14-5-4-10-25-12-14/h1-12,20H,13H2. The van der Waals surface area contributed by atoms with Crippen molar-refractivity contribution < 1.29 is 13.6 Å². The molecule has 142 valence electrons. The van der Waals surface area contributed by atoms with Gasteiger partial charge in [0.25, 0.3) is 5.91 Å². The van der Waals surface area contributed by atoms with Crippen LogP contribution >= 0.6 is 0 Å². The lowest BCUT2D eigenvalue weighted by atomic mass is 9.98. The molecule has 6 heteroatoms. The molecule has 2 aromatic heterocycles. The first kappa shape index (κ1) is 17.3. The van der Waals surface area contributed by atoms with Crippen molar-refractivity contribution in [3.63, 3.8) is 0 Å². The highest BCUT2D eigenvalue weighted by Crippen LogP contribution is 2.39. The Kier molecular flexibility index (Phi) is 3.98. The summed E-state index contributed by atoms with van der Waals surface area (Å²) in [6, 6.07) is 15.6. The van der Waals surface area contributed by atoms with Crippen LogP contribution in [0.25, 0.3) is 11.0 Å². The van der Waals surface area contributed by atoms with Crippen molar-refractivity contribution >= 4 is 16.9 Å². The number of aromatic nitrogens is 1. The van der Waals surface area contributed by atoms with Gasteiger partial charge in [0.05, 0.1) is 17.0 Å². The van der Waals surface area contributed by atoms with E-state index < -0.39 is 17.8 Å². The van der Waals surface area contributed by atoms with Crippen LogP contribution in [-0.2, 0) is 6.54 Å². The number of para-hydroxylation sites is 1. The summed E-state index contributed by atoms with van der Waals surface area (Å²) in [4.78, 5) is 32.2. The highest BCUT2D eigenvalue weighted by molar-refractivity contribution is 5.99. The molecule has 1 aliphatic rings. The second-order valence-electron chi connectivity index (χ2n) is 6.92. The summed E-state index contributed by atoms with van der Waals surface area (Å²) in [7, 11) is 0. The van der Waals surface area contributed by atoms with Gasteiger partial charge in [0, 0.05) is 18.9 Å². The molecule has 0 fully saturated rings. The number of amides is 1. The van der Waals surface area contributed by atoms with E-state index in [4.69, 9.17) is 4.42 Å². The summed E-state index contributed by atoms with van der Waals surface area (Å²) in [5, 5.41) is 0.392. The molecule has 1 aliphatic heterocycles. The summed E-state index contributed by atoms with van der Waals surface area (Å²) < 4.78 is 19.8. The monoisotopic (exact) mass is 386 g/mol. The second kappa shape index (κ2) is 6.67. The van der Waals surface area contributed by atoms with Crippen LogP contribution in [0, 0.1) is 5.82 Å². The molecule has 0 bridgehead atoms. The zero-order valence-corrected chi connectivity index (χ0v) is 15.2. The lowest BCUT2D eigenvalue weighted by Crippen LogP contribution is -2.29. The van der Waals surface area contributed by atoms with E-state index in [0.717, 1.165) is 5.56 Å². The molecule has 3 heterocycles. The quantitative estimate of drug-likeness (QED) is 0.532. The second-order valence-corrected chi connectivity index (χ2v) is 6.92. The van der Waals surface area contributed by atoms with Crippen LogP contribution in [0.2, 0.25) is 0 Å². The first-order chi connectivity index (χ1) is 14.1. The van der Waals surface area contributed by atoms with Crippen LogP contribution in [0.3, 0.4) is 0 Å². The molecule has 0 aliphatic carbocycles. The number of halogens is 1. The minimum Gasteiger partial charge on any atom is -0.450 e. The maximum Gasteiger partial charge on any atom is 0.291 e. The molecule has 1 amide bonds. The molecule has 2 aromatic carbocycles. The molecule has 1 atom stereocenters. The fourth-order valence-electron chi connectivity index (χ4n) is 3.84. The Morgan fingerprint density at radius 1 is 1.03 bits per heavy atom. The van der Waals surface area contributed by atoms with E-state index in [0.29, 0.717) is 16.5 Å². The highest BCUT2D eigenvalue weighted by Gasteiger charge is 2.42. The minimum atomic E-state index is -0.741. The van der Waals surface area contributed by atoms with E-state index in [2.05, 4.69) is 4.98 Å². The molecule has 0 saturated heterocycles. The molecule has 4 aromatic rings. The van der Waals surface area contributed by atoms with Gasteiger partial charge < -0.3 is 9.32 Å². The minimum absolute atomic E-state index is 0.00634. The Hall–Kier alpha value is -3.80. The van der Waals surface area contributed by atoms with Crippen LogP contribution in [0.15, 0.2) is 82.3 Å². The van der Waals surface area contributed by atoms with E-state index >= 15 is 0 Å². The first-order valence-corrected chi connectivity index (χ1v) is 9.14. The first-order valence-electron chi connectivity index (χ1n) is 9.14. The zero-order valence-electron chi connectivity index (χ0n) is 15.2. The van der Waals surface area contributed by atoms with Gasteiger partial charge in [-0.15, -0.1) is 0 Å². The maximum atomic E-state index is 14.0. The zero-order chi connectivity index (χ0) is 20.0. The Morgan fingerprint density at radius 3 is 2.69 bits per heavy atom. The molecule has 0 saturated carbocycles. The number of nitrogens with zero attached hydrogens (tertiary/aromatic N) is 2. The summed E-state index contributed by atoms with van der Waals surface area (Å²) >= 11 is 0.